The fourth-order valence-corrected chi connectivity index (χ4v) is 1.18. The van der Waals surface area contributed by atoms with Crippen LogP contribution in [0.1, 0.15) is 27.2 Å². The van der Waals surface area contributed by atoms with Crippen molar-refractivity contribution in [2.75, 3.05) is 6.54 Å². The van der Waals surface area contributed by atoms with Crippen molar-refractivity contribution in [3.63, 3.8) is 0 Å². The molecule has 3 heteroatoms. The van der Waals surface area contributed by atoms with Crippen molar-refractivity contribution < 1.29 is 9.53 Å². The number of nitrogens with zero attached hydrogens (tertiary/aromatic N) is 1. The maximum Gasteiger partial charge on any atom is 0.410 e. The number of carbonyl (C=O) groups is 1. The zero-order valence-electron chi connectivity index (χ0n) is 7.33. The van der Waals surface area contributed by atoms with Crippen LogP contribution in [0, 0.1) is 0 Å². The third kappa shape index (κ3) is 1.85. The van der Waals surface area contributed by atoms with Gasteiger partial charge in [0.15, 0.2) is 0 Å². The van der Waals surface area contributed by atoms with Gasteiger partial charge < -0.3 is 9.64 Å². The molecule has 0 spiro atoms. The zero-order valence-corrected chi connectivity index (χ0v) is 7.33. The van der Waals surface area contributed by atoms with Crippen LogP contribution < -0.4 is 0 Å². The van der Waals surface area contributed by atoms with E-state index in [0.29, 0.717) is 0 Å². The molecule has 1 saturated heterocycles. The molecule has 1 rings (SSSR count). The van der Waals surface area contributed by atoms with Gasteiger partial charge in [-0.25, -0.2) is 4.79 Å². The molecule has 1 heterocycles. The van der Waals surface area contributed by atoms with Crippen molar-refractivity contribution in [1.82, 2.24) is 4.90 Å². The van der Waals surface area contributed by atoms with E-state index in [9.17, 15) is 4.79 Å². The Hall–Kier alpha value is -0.730. The Morgan fingerprint density at radius 3 is 2.73 bits per heavy atom. The molecule has 0 aromatic heterocycles. The predicted molar refractivity (Wildman–Crippen MR) is 42.4 cm³/mol. The van der Waals surface area contributed by atoms with Gasteiger partial charge in [-0.15, -0.1) is 0 Å². The molecule has 0 saturated carbocycles. The summed E-state index contributed by atoms with van der Waals surface area (Å²) in [5.74, 6) is 0. The first-order chi connectivity index (χ1) is 5.11. The average Bonchev–Trinajstić information content (AvgIpc) is 1.85. The fourth-order valence-electron chi connectivity index (χ4n) is 1.18. The molecule has 11 heavy (non-hydrogen) atoms. The number of cyclic esters (lactones) is 1. The van der Waals surface area contributed by atoms with Crippen LogP contribution in [0.4, 0.5) is 4.79 Å². The van der Waals surface area contributed by atoms with Crippen LogP contribution in [0.3, 0.4) is 0 Å². The average molecular weight is 157 g/mol. The minimum Gasteiger partial charge on any atom is -0.446 e. The van der Waals surface area contributed by atoms with Gasteiger partial charge in [0.05, 0.1) is 0 Å². The smallest absolute Gasteiger partial charge is 0.410 e. The van der Waals surface area contributed by atoms with E-state index in [0.717, 1.165) is 13.0 Å². The van der Waals surface area contributed by atoms with Crippen molar-refractivity contribution >= 4 is 6.09 Å². The standard InChI is InChI=1S/C8H15NO2/c1-6(2)9-5-4-7(3)11-8(9)10/h6-7H,4-5H2,1-3H3/t7-/m1/s1. The lowest BCUT2D eigenvalue weighted by Crippen LogP contribution is -2.44. The Labute approximate surface area is 67.3 Å². The summed E-state index contributed by atoms with van der Waals surface area (Å²) >= 11 is 0. The molecule has 0 bridgehead atoms. The van der Waals surface area contributed by atoms with Gasteiger partial charge in [0.25, 0.3) is 0 Å². The van der Waals surface area contributed by atoms with E-state index in [1.165, 1.54) is 0 Å². The molecule has 0 aliphatic carbocycles. The van der Waals surface area contributed by atoms with E-state index < -0.39 is 0 Å². The number of ether oxygens (including phenoxy) is 1. The first-order valence-electron chi connectivity index (χ1n) is 4.08. The highest BCUT2D eigenvalue weighted by molar-refractivity contribution is 5.68. The van der Waals surface area contributed by atoms with Gasteiger partial charge in [0.1, 0.15) is 6.10 Å². The lowest BCUT2D eigenvalue weighted by Gasteiger charge is -2.32. The lowest BCUT2D eigenvalue weighted by molar-refractivity contribution is 0.0237. The number of hydrogen-bond donors (Lipinski definition) is 0. The Balaban J connectivity index is 2.51. The molecule has 1 aliphatic rings. The Morgan fingerprint density at radius 1 is 1.64 bits per heavy atom. The van der Waals surface area contributed by atoms with E-state index >= 15 is 0 Å². The third-order valence-corrected chi connectivity index (χ3v) is 1.94. The number of amides is 1. The van der Waals surface area contributed by atoms with Crippen LogP contribution in [-0.2, 0) is 4.74 Å². The summed E-state index contributed by atoms with van der Waals surface area (Å²) in [5, 5.41) is 0. The van der Waals surface area contributed by atoms with Gasteiger partial charge >= 0.3 is 6.09 Å². The van der Waals surface area contributed by atoms with Crippen LogP contribution in [-0.4, -0.2) is 29.7 Å². The molecular weight excluding hydrogens is 142 g/mol. The van der Waals surface area contributed by atoms with Crippen molar-refractivity contribution in [3.05, 3.63) is 0 Å². The quantitative estimate of drug-likeness (QED) is 0.579. The summed E-state index contributed by atoms with van der Waals surface area (Å²) in [7, 11) is 0. The lowest BCUT2D eigenvalue weighted by atomic mass is 10.2. The third-order valence-electron chi connectivity index (χ3n) is 1.94. The zero-order chi connectivity index (χ0) is 8.43. The highest BCUT2D eigenvalue weighted by Crippen LogP contribution is 2.13. The van der Waals surface area contributed by atoms with Crippen molar-refractivity contribution in [1.29, 1.82) is 0 Å². The molecule has 0 N–H and O–H groups in total. The molecule has 0 aromatic carbocycles. The van der Waals surface area contributed by atoms with E-state index in [-0.39, 0.29) is 18.2 Å². The van der Waals surface area contributed by atoms with Crippen LogP contribution in [0.2, 0.25) is 0 Å². The molecule has 64 valence electrons. The maximum absolute atomic E-state index is 11.1. The molecule has 3 nitrogen and oxygen atoms in total. The molecule has 0 aromatic rings. The molecular formula is C8H15NO2. The molecule has 1 fully saturated rings. The van der Waals surface area contributed by atoms with Gasteiger partial charge in [0, 0.05) is 19.0 Å². The highest BCUT2D eigenvalue weighted by atomic mass is 16.6. The summed E-state index contributed by atoms with van der Waals surface area (Å²) in [6, 6.07) is 0.259. The predicted octanol–water partition coefficient (Wildman–Crippen LogP) is 1.63. The number of rotatable bonds is 1. The Kier molecular flexibility index (Phi) is 2.37. The summed E-state index contributed by atoms with van der Waals surface area (Å²) in [6.07, 6.45) is 0.875. The molecule has 1 atom stereocenters. The maximum atomic E-state index is 11.1. The van der Waals surface area contributed by atoms with Crippen LogP contribution >= 0.6 is 0 Å². The second kappa shape index (κ2) is 3.11. The number of hydrogen-bond acceptors (Lipinski definition) is 2. The minimum absolute atomic E-state index is 0.0949. The summed E-state index contributed by atoms with van der Waals surface area (Å²) in [5.41, 5.74) is 0. The van der Waals surface area contributed by atoms with Crippen LogP contribution in [0.25, 0.3) is 0 Å². The largest absolute Gasteiger partial charge is 0.446 e. The van der Waals surface area contributed by atoms with Gasteiger partial charge in [-0.2, -0.15) is 0 Å². The van der Waals surface area contributed by atoms with E-state index in [1.807, 2.05) is 20.8 Å². The fraction of sp³-hybridized carbons (Fsp3) is 0.875. The SMILES string of the molecule is CC(C)N1CC[C@@H](C)OC1=O. The second-order valence-corrected chi connectivity index (χ2v) is 3.27. The number of carbonyl (C=O) groups excluding carboxylic acids is 1. The molecule has 0 radical (unpaired) electrons. The topological polar surface area (TPSA) is 29.5 Å². The van der Waals surface area contributed by atoms with Gasteiger partial charge in [-0.05, 0) is 20.8 Å². The summed E-state index contributed by atoms with van der Waals surface area (Å²) in [4.78, 5) is 12.9. The monoisotopic (exact) mass is 157 g/mol. The first-order valence-corrected chi connectivity index (χ1v) is 4.08. The van der Waals surface area contributed by atoms with E-state index in [1.54, 1.807) is 4.90 Å². The van der Waals surface area contributed by atoms with Crippen molar-refractivity contribution in [2.45, 2.75) is 39.3 Å². The van der Waals surface area contributed by atoms with Gasteiger partial charge in [0.2, 0.25) is 0 Å². The summed E-state index contributed by atoms with van der Waals surface area (Å²) in [6.45, 7) is 6.75. The van der Waals surface area contributed by atoms with Gasteiger partial charge in [-0.1, -0.05) is 0 Å². The Morgan fingerprint density at radius 2 is 2.27 bits per heavy atom. The molecule has 1 amide bonds. The van der Waals surface area contributed by atoms with E-state index in [2.05, 4.69) is 0 Å². The minimum atomic E-state index is -0.168. The Bertz CT molecular complexity index is 156. The highest BCUT2D eigenvalue weighted by Gasteiger charge is 2.25. The van der Waals surface area contributed by atoms with Gasteiger partial charge in [-0.3, -0.25) is 0 Å². The molecule has 0 unspecified atom stereocenters. The van der Waals surface area contributed by atoms with E-state index in [4.69, 9.17) is 4.74 Å². The first kappa shape index (κ1) is 8.37. The second-order valence-electron chi connectivity index (χ2n) is 3.27. The summed E-state index contributed by atoms with van der Waals surface area (Å²) < 4.78 is 5.05. The molecule has 1 aliphatic heterocycles. The van der Waals surface area contributed by atoms with Crippen molar-refractivity contribution in [2.24, 2.45) is 0 Å². The van der Waals surface area contributed by atoms with Crippen LogP contribution in [0.5, 0.6) is 0 Å². The normalized spacial score (nSPS) is 25.6. The van der Waals surface area contributed by atoms with Crippen LogP contribution in [0.15, 0.2) is 0 Å². The van der Waals surface area contributed by atoms with Crippen molar-refractivity contribution in [3.8, 4) is 0 Å².